The molecule has 16 heavy (non-hydrogen) atoms. The molecule has 3 nitrogen and oxygen atoms in total. The molecule has 3 N–H and O–H groups in total. The van der Waals surface area contributed by atoms with E-state index in [2.05, 4.69) is 0 Å². The monoisotopic (exact) mass is 253 g/mol. The van der Waals surface area contributed by atoms with Gasteiger partial charge in [0.2, 0.25) is 0 Å². The Bertz CT molecular complexity index is 420. The van der Waals surface area contributed by atoms with Crippen LogP contribution in [0.4, 0.5) is 13.2 Å². The summed E-state index contributed by atoms with van der Waals surface area (Å²) in [5.74, 6) is -1.57. The van der Waals surface area contributed by atoms with Crippen molar-refractivity contribution < 1.29 is 23.1 Å². The van der Waals surface area contributed by atoms with E-state index in [-0.39, 0.29) is 5.02 Å². The van der Waals surface area contributed by atoms with Gasteiger partial charge in [0, 0.05) is 10.6 Å². The third-order valence-corrected chi connectivity index (χ3v) is 2.26. The van der Waals surface area contributed by atoms with Crippen molar-refractivity contribution in [2.24, 2.45) is 5.73 Å². The average molecular weight is 254 g/mol. The zero-order valence-electron chi connectivity index (χ0n) is 7.75. The minimum atomic E-state index is -4.69. The summed E-state index contributed by atoms with van der Waals surface area (Å²) < 4.78 is 37.6. The highest BCUT2D eigenvalue weighted by Gasteiger charge is 2.37. The smallest absolute Gasteiger partial charge is 0.416 e. The van der Waals surface area contributed by atoms with Crippen LogP contribution >= 0.6 is 11.6 Å². The third kappa shape index (κ3) is 2.45. The minimum absolute atomic E-state index is 0.315. The summed E-state index contributed by atoms with van der Waals surface area (Å²) in [6, 6.07) is 1.19. The Balaban J connectivity index is 3.41. The number of benzene rings is 1. The van der Waals surface area contributed by atoms with E-state index >= 15 is 0 Å². The molecule has 7 heteroatoms. The lowest BCUT2D eigenvalue weighted by Crippen LogP contribution is -2.24. The van der Waals surface area contributed by atoms with Crippen molar-refractivity contribution in [3.05, 3.63) is 34.3 Å². The molecule has 0 saturated carbocycles. The van der Waals surface area contributed by atoms with Crippen LogP contribution in [-0.4, -0.2) is 11.1 Å². The molecule has 0 amide bonds. The minimum Gasteiger partial charge on any atom is -0.480 e. The number of halogens is 4. The molecule has 0 aromatic heterocycles. The number of carboxylic acid groups (broad SMARTS) is 1. The zero-order valence-corrected chi connectivity index (χ0v) is 8.51. The third-order valence-electron chi connectivity index (χ3n) is 1.94. The van der Waals surface area contributed by atoms with Crippen molar-refractivity contribution >= 4 is 17.6 Å². The van der Waals surface area contributed by atoms with Crippen LogP contribution in [0.2, 0.25) is 5.02 Å². The highest BCUT2D eigenvalue weighted by Crippen LogP contribution is 2.37. The molecule has 1 unspecified atom stereocenters. The van der Waals surface area contributed by atoms with Gasteiger partial charge < -0.3 is 10.8 Å². The lowest BCUT2D eigenvalue weighted by atomic mass is 10.0. The molecule has 0 aliphatic rings. The topological polar surface area (TPSA) is 63.3 Å². The number of carbonyl (C=O) groups is 1. The molecule has 0 saturated heterocycles. The van der Waals surface area contributed by atoms with Crippen molar-refractivity contribution in [1.82, 2.24) is 0 Å². The summed E-state index contributed by atoms with van der Waals surface area (Å²) in [6.45, 7) is 0. The number of carboxylic acids is 1. The maximum atomic E-state index is 12.5. The fraction of sp³-hybridized carbons (Fsp3) is 0.222. The van der Waals surface area contributed by atoms with Crippen molar-refractivity contribution in [1.29, 1.82) is 0 Å². The second kappa shape index (κ2) is 4.31. The van der Waals surface area contributed by atoms with Gasteiger partial charge in [-0.05, 0) is 12.1 Å². The van der Waals surface area contributed by atoms with E-state index in [0.717, 1.165) is 18.2 Å². The van der Waals surface area contributed by atoms with E-state index in [1.54, 1.807) is 0 Å². The highest BCUT2D eigenvalue weighted by molar-refractivity contribution is 6.31. The maximum absolute atomic E-state index is 12.5. The van der Waals surface area contributed by atoms with Crippen molar-refractivity contribution in [2.45, 2.75) is 12.2 Å². The summed E-state index contributed by atoms with van der Waals surface area (Å²) in [5, 5.41) is 8.28. The van der Waals surface area contributed by atoms with E-state index < -0.39 is 29.3 Å². The summed E-state index contributed by atoms with van der Waals surface area (Å²) in [6.07, 6.45) is -4.69. The van der Waals surface area contributed by atoms with Gasteiger partial charge in [-0.25, -0.2) is 0 Å². The van der Waals surface area contributed by atoms with E-state index in [1.165, 1.54) is 0 Å². The Kier molecular flexibility index (Phi) is 3.44. The van der Waals surface area contributed by atoms with Crippen LogP contribution in [-0.2, 0) is 11.0 Å². The van der Waals surface area contributed by atoms with Crippen LogP contribution in [0.1, 0.15) is 17.2 Å². The predicted octanol–water partition coefficient (Wildman–Crippen LogP) is 2.44. The second-order valence-electron chi connectivity index (χ2n) is 3.01. The number of nitrogens with two attached hydrogens (primary N) is 1. The molecule has 0 aliphatic carbocycles. The molecule has 0 radical (unpaired) electrons. The molecule has 0 spiro atoms. The van der Waals surface area contributed by atoms with E-state index in [0.29, 0.717) is 0 Å². The number of hydrogen-bond acceptors (Lipinski definition) is 2. The lowest BCUT2D eigenvalue weighted by Gasteiger charge is -2.16. The fourth-order valence-corrected chi connectivity index (χ4v) is 1.52. The normalized spacial score (nSPS) is 13.6. The lowest BCUT2D eigenvalue weighted by molar-refractivity contribution is -0.141. The summed E-state index contributed by atoms with van der Waals surface area (Å²) >= 11 is 5.53. The summed E-state index contributed by atoms with van der Waals surface area (Å²) in [7, 11) is 0. The Labute approximate surface area is 93.6 Å². The Hall–Kier alpha value is -1.27. The van der Waals surface area contributed by atoms with Crippen molar-refractivity contribution in [3.8, 4) is 0 Å². The van der Waals surface area contributed by atoms with Crippen LogP contribution in [0.5, 0.6) is 0 Å². The molecule has 0 aliphatic heterocycles. The van der Waals surface area contributed by atoms with Gasteiger partial charge in [-0.2, -0.15) is 13.2 Å². The molecule has 1 aromatic rings. The first-order chi connectivity index (χ1) is 7.25. The molecule has 0 bridgehead atoms. The van der Waals surface area contributed by atoms with Gasteiger partial charge in [0.15, 0.2) is 0 Å². The maximum Gasteiger partial charge on any atom is 0.416 e. The van der Waals surface area contributed by atoms with Crippen LogP contribution in [0, 0.1) is 0 Å². The molecule has 88 valence electrons. The largest absolute Gasteiger partial charge is 0.480 e. The summed E-state index contributed by atoms with van der Waals surface area (Å²) in [4.78, 5) is 10.6. The van der Waals surface area contributed by atoms with Gasteiger partial charge in [0.05, 0.1) is 5.56 Å². The van der Waals surface area contributed by atoms with Gasteiger partial charge in [-0.15, -0.1) is 0 Å². The second-order valence-corrected chi connectivity index (χ2v) is 3.42. The average Bonchev–Trinajstić information content (AvgIpc) is 2.14. The predicted molar refractivity (Wildman–Crippen MR) is 51.0 cm³/mol. The zero-order chi connectivity index (χ0) is 12.5. The number of aliphatic carboxylic acids is 1. The van der Waals surface area contributed by atoms with Gasteiger partial charge in [-0.1, -0.05) is 17.7 Å². The first kappa shape index (κ1) is 12.8. The summed E-state index contributed by atoms with van der Waals surface area (Å²) in [5.41, 5.74) is 3.40. The Morgan fingerprint density at radius 3 is 2.44 bits per heavy atom. The van der Waals surface area contributed by atoms with Crippen molar-refractivity contribution in [2.75, 3.05) is 0 Å². The molecule has 0 heterocycles. The molecule has 1 aromatic carbocycles. The fourth-order valence-electron chi connectivity index (χ4n) is 1.22. The van der Waals surface area contributed by atoms with Gasteiger partial charge in [0.1, 0.15) is 6.04 Å². The number of alkyl halides is 3. The first-order valence-electron chi connectivity index (χ1n) is 4.09. The van der Waals surface area contributed by atoms with Crippen LogP contribution in [0.25, 0.3) is 0 Å². The van der Waals surface area contributed by atoms with Crippen molar-refractivity contribution in [3.63, 3.8) is 0 Å². The SMILES string of the molecule is NC(C(=O)O)c1c(Cl)cccc1C(F)(F)F. The molecular weight excluding hydrogens is 247 g/mol. The van der Waals surface area contributed by atoms with E-state index in [1.807, 2.05) is 0 Å². The quantitative estimate of drug-likeness (QED) is 0.851. The Morgan fingerprint density at radius 2 is 2.00 bits per heavy atom. The van der Waals surface area contributed by atoms with Crippen LogP contribution in [0.15, 0.2) is 18.2 Å². The Morgan fingerprint density at radius 1 is 1.44 bits per heavy atom. The van der Waals surface area contributed by atoms with Crippen LogP contribution in [0.3, 0.4) is 0 Å². The molecule has 1 rings (SSSR count). The molecule has 1 atom stereocenters. The van der Waals surface area contributed by atoms with Gasteiger partial charge in [0.25, 0.3) is 0 Å². The highest BCUT2D eigenvalue weighted by atomic mass is 35.5. The number of rotatable bonds is 2. The van der Waals surface area contributed by atoms with Gasteiger partial charge in [-0.3, -0.25) is 4.79 Å². The number of hydrogen-bond donors (Lipinski definition) is 2. The molecule has 0 fully saturated rings. The van der Waals surface area contributed by atoms with Gasteiger partial charge >= 0.3 is 12.1 Å². The molecular formula is C9H7ClF3NO2. The standard InChI is InChI=1S/C9H7ClF3NO2/c10-5-3-1-2-4(9(11,12)13)6(5)7(14)8(15)16/h1-3,7H,14H2,(H,15,16). The first-order valence-corrected chi connectivity index (χ1v) is 4.47. The van der Waals surface area contributed by atoms with E-state index in [4.69, 9.17) is 22.4 Å². The van der Waals surface area contributed by atoms with Crippen LogP contribution < -0.4 is 5.73 Å². The van der Waals surface area contributed by atoms with E-state index in [9.17, 15) is 18.0 Å².